The quantitative estimate of drug-likeness (QED) is 0.0530. The van der Waals surface area contributed by atoms with Gasteiger partial charge in [-0.2, -0.15) is 0 Å². The molecule has 0 amide bonds. The maximum absolute atomic E-state index is 12.1. The smallest absolute Gasteiger partial charge is 0.333 e. The molecule has 57 heavy (non-hydrogen) atoms. The van der Waals surface area contributed by atoms with Crippen molar-refractivity contribution in [3.8, 4) is 28.0 Å². The van der Waals surface area contributed by atoms with Crippen LogP contribution in [-0.4, -0.2) is 55.2 Å². The molecule has 0 radical (unpaired) electrons. The number of hydrogen-bond donors (Lipinski definition) is 2. The number of esters is 2. The first-order valence-electron chi connectivity index (χ1n) is 21.4. The van der Waals surface area contributed by atoms with Crippen LogP contribution in [0.4, 0.5) is 0 Å². The van der Waals surface area contributed by atoms with Gasteiger partial charge in [0.2, 0.25) is 0 Å². The van der Waals surface area contributed by atoms with Crippen molar-refractivity contribution in [2.24, 2.45) is 11.3 Å². The Bertz CT molecular complexity index is 1660. The molecule has 2 N–H and O–H groups in total. The fraction of sp³-hybridized carbons (Fsp3) is 0.520. The minimum absolute atomic E-state index is 0.134. The van der Waals surface area contributed by atoms with E-state index in [1.807, 2.05) is 6.92 Å². The second-order valence-corrected chi connectivity index (χ2v) is 16.3. The molecule has 0 aromatic heterocycles. The zero-order valence-corrected chi connectivity index (χ0v) is 35.2. The monoisotopic (exact) mass is 780 g/mol. The molecule has 0 saturated heterocycles. The summed E-state index contributed by atoms with van der Waals surface area (Å²) >= 11 is 0. The van der Waals surface area contributed by atoms with Crippen LogP contribution >= 0.6 is 0 Å². The molecule has 3 aromatic rings. The van der Waals surface area contributed by atoms with Gasteiger partial charge in [-0.1, -0.05) is 101 Å². The number of aliphatic hydroxyl groups is 2. The molecule has 7 heteroatoms. The zero-order chi connectivity index (χ0) is 41.2. The molecule has 0 bridgehead atoms. The SMILES string of the molecule is C=C(C)C(=O)OCCCc1cc(-c2ccc(-c3ccc(C4CCC(CCCCC)CC4)cc3)cc2)cc(CCCOC(=O)C(=C)C)c1OCCC(CC)(CO)CO. The molecule has 310 valence electrons. The summed E-state index contributed by atoms with van der Waals surface area (Å²) in [6.45, 7) is 15.4. The number of ether oxygens (including phenoxy) is 3. The summed E-state index contributed by atoms with van der Waals surface area (Å²) in [5.41, 5.74) is 7.94. The second-order valence-electron chi connectivity index (χ2n) is 16.3. The predicted molar refractivity (Wildman–Crippen MR) is 231 cm³/mol. The maximum atomic E-state index is 12.1. The van der Waals surface area contributed by atoms with Crippen LogP contribution in [0.25, 0.3) is 22.3 Å². The van der Waals surface area contributed by atoms with E-state index in [1.165, 1.54) is 62.5 Å². The van der Waals surface area contributed by atoms with Crippen LogP contribution in [0.1, 0.15) is 127 Å². The normalized spacial score (nSPS) is 15.5. The van der Waals surface area contributed by atoms with Gasteiger partial charge in [-0.25, -0.2) is 9.59 Å². The van der Waals surface area contributed by atoms with Gasteiger partial charge in [0.05, 0.1) is 33.0 Å². The van der Waals surface area contributed by atoms with Crippen LogP contribution in [0.2, 0.25) is 0 Å². The van der Waals surface area contributed by atoms with Crippen LogP contribution in [0.5, 0.6) is 5.75 Å². The van der Waals surface area contributed by atoms with Gasteiger partial charge in [-0.05, 0) is 141 Å². The van der Waals surface area contributed by atoms with Crippen molar-refractivity contribution in [1.82, 2.24) is 0 Å². The molecule has 0 heterocycles. The third-order valence-corrected chi connectivity index (χ3v) is 11.9. The van der Waals surface area contributed by atoms with E-state index in [1.54, 1.807) is 13.8 Å². The van der Waals surface area contributed by atoms with Gasteiger partial charge < -0.3 is 24.4 Å². The van der Waals surface area contributed by atoms with E-state index in [-0.39, 0.29) is 26.4 Å². The van der Waals surface area contributed by atoms with E-state index < -0.39 is 17.4 Å². The highest BCUT2D eigenvalue weighted by Gasteiger charge is 2.27. The highest BCUT2D eigenvalue weighted by atomic mass is 16.5. The maximum Gasteiger partial charge on any atom is 0.333 e. The number of rotatable bonds is 24. The molecule has 1 saturated carbocycles. The average molecular weight is 781 g/mol. The Morgan fingerprint density at radius 2 is 1.18 bits per heavy atom. The molecule has 1 aliphatic carbocycles. The van der Waals surface area contributed by atoms with Crippen LogP contribution < -0.4 is 4.74 Å². The molecule has 0 aliphatic heterocycles. The first kappa shape index (κ1) is 45.5. The van der Waals surface area contributed by atoms with E-state index in [4.69, 9.17) is 14.2 Å². The fourth-order valence-electron chi connectivity index (χ4n) is 7.83. The molecule has 0 spiro atoms. The first-order valence-corrected chi connectivity index (χ1v) is 21.4. The van der Waals surface area contributed by atoms with Gasteiger partial charge in [0, 0.05) is 16.6 Å². The molecule has 4 rings (SSSR count). The Hall–Kier alpha value is -4.20. The van der Waals surface area contributed by atoms with E-state index in [0.29, 0.717) is 62.2 Å². The minimum Gasteiger partial charge on any atom is -0.493 e. The zero-order valence-electron chi connectivity index (χ0n) is 35.2. The Balaban J connectivity index is 1.57. The van der Waals surface area contributed by atoms with Crippen LogP contribution in [-0.2, 0) is 31.9 Å². The third kappa shape index (κ3) is 13.7. The van der Waals surface area contributed by atoms with Crippen molar-refractivity contribution in [2.45, 2.75) is 124 Å². The molecule has 3 aromatic carbocycles. The largest absolute Gasteiger partial charge is 0.493 e. The van der Waals surface area contributed by atoms with Gasteiger partial charge in [0.25, 0.3) is 0 Å². The number of carbonyl (C=O) groups is 2. The highest BCUT2D eigenvalue weighted by Crippen LogP contribution is 2.39. The lowest BCUT2D eigenvalue weighted by Gasteiger charge is -2.29. The van der Waals surface area contributed by atoms with Crippen molar-refractivity contribution in [3.05, 3.63) is 102 Å². The molecule has 0 unspecified atom stereocenters. The van der Waals surface area contributed by atoms with E-state index >= 15 is 0 Å². The molecule has 0 atom stereocenters. The van der Waals surface area contributed by atoms with Crippen molar-refractivity contribution < 1.29 is 34.0 Å². The summed E-state index contributed by atoms with van der Waals surface area (Å²) < 4.78 is 17.4. The van der Waals surface area contributed by atoms with Gasteiger partial charge in [0.1, 0.15) is 5.75 Å². The van der Waals surface area contributed by atoms with Crippen molar-refractivity contribution >= 4 is 11.9 Å². The summed E-state index contributed by atoms with van der Waals surface area (Å²) in [5, 5.41) is 20.2. The molecule has 1 aliphatic rings. The standard InChI is InChI=1S/C50H68O7/c1-7-9-10-13-38-16-18-39(19-17-38)40-20-22-41(23-21-40)42-24-26-43(27-25-42)46-32-44(14-11-29-56-48(53)36(3)4)47(55-31-28-50(8-2,34-51)35-52)45(33-46)15-12-30-57-49(54)37(5)6/h20-27,32-33,38-39,51-52H,3,5,7-19,28-31,34-35H2,1-2,4,6H3. The Morgan fingerprint density at radius 3 is 1.63 bits per heavy atom. The average Bonchev–Trinajstić information content (AvgIpc) is 3.23. The second kappa shape index (κ2) is 23.3. The topological polar surface area (TPSA) is 102 Å². The molecule has 1 fully saturated rings. The highest BCUT2D eigenvalue weighted by molar-refractivity contribution is 5.87. The van der Waals surface area contributed by atoms with Crippen LogP contribution in [0.3, 0.4) is 0 Å². The number of aliphatic hydroxyl groups excluding tert-OH is 2. The molecular weight excluding hydrogens is 713 g/mol. The molecule has 7 nitrogen and oxygen atoms in total. The van der Waals surface area contributed by atoms with Crippen molar-refractivity contribution in [1.29, 1.82) is 0 Å². The van der Waals surface area contributed by atoms with E-state index in [0.717, 1.165) is 39.5 Å². The van der Waals surface area contributed by atoms with E-state index in [2.05, 4.69) is 80.7 Å². The number of aryl methyl sites for hydroxylation is 2. The van der Waals surface area contributed by atoms with Gasteiger partial charge in [-0.15, -0.1) is 0 Å². The van der Waals surface area contributed by atoms with Crippen LogP contribution in [0.15, 0.2) is 85.0 Å². The fourth-order valence-corrected chi connectivity index (χ4v) is 7.83. The lowest BCUT2D eigenvalue weighted by atomic mass is 9.77. The van der Waals surface area contributed by atoms with Crippen LogP contribution in [0, 0.1) is 11.3 Å². The lowest BCUT2D eigenvalue weighted by Crippen LogP contribution is -2.31. The minimum atomic E-state index is -0.636. The van der Waals surface area contributed by atoms with Crippen molar-refractivity contribution in [3.63, 3.8) is 0 Å². The number of unbranched alkanes of at least 4 members (excludes halogenated alkanes) is 2. The van der Waals surface area contributed by atoms with Crippen molar-refractivity contribution in [2.75, 3.05) is 33.0 Å². The Labute approximate surface area is 342 Å². The predicted octanol–water partition coefficient (Wildman–Crippen LogP) is 11.1. The first-order chi connectivity index (χ1) is 27.5. The number of carbonyl (C=O) groups excluding carboxylic acids is 2. The van der Waals surface area contributed by atoms with Gasteiger partial charge >= 0.3 is 11.9 Å². The number of benzene rings is 3. The third-order valence-electron chi connectivity index (χ3n) is 11.9. The summed E-state index contributed by atoms with van der Waals surface area (Å²) in [4.78, 5) is 24.2. The summed E-state index contributed by atoms with van der Waals surface area (Å²) in [6.07, 6.45) is 14.2. The van der Waals surface area contributed by atoms with E-state index in [9.17, 15) is 19.8 Å². The lowest BCUT2D eigenvalue weighted by molar-refractivity contribution is -0.139. The Morgan fingerprint density at radius 1 is 0.684 bits per heavy atom. The van der Waals surface area contributed by atoms with Gasteiger partial charge in [-0.3, -0.25) is 0 Å². The molecular formula is C50H68O7. The summed E-state index contributed by atoms with van der Waals surface area (Å²) in [7, 11) is 0. The van der Waals surface area contributed by atoms with Gasteiger partial charge in [0.15, 0.2) is 0 Å². The summed E-state index contributed by atoms with van der Waals surface area (Å²) in [5.74, 6) is 1.48. The number of hydrogen-bond acceptors (Lipinski definition) is 7. The summed E-state index contributed by atoms with van der Waals surface area (Å²) in [6, 6.07) is 22.2. The Kier molecular flexibility index (Phi) is 18.6.